The Kier molecular flexibility index (Phi) is 5.52. The van der Waals surface area contributed by atoms with Gasteiger partial charge in [-0.15, -0.1) is 0 Å². The second-order valence-corrected chi connectivity index (χ2v) is 8.63. The predicted molar refractivity (Wildman–Crippen MR) is 122 cm³/mol. The molecule has 3 aromatic heterocycles. The van der Waals surface area contributed by atoms with Crippen LogP contribution >= 0.6 is 12.2 Å². The fourth-order valence-electron chi connectivity index (χ4n) is 4.26. The third-order valence-corrected chi connectivity index (χ3v) is 6.19. The Balaban J connectivity index is 1.49. The van der Waals surface area contributed by atoms with E-state index in [9.17, 15) is 0 Å². The largest absolute Gasteiger partial charge is 0.465 e. The highest BCUT2D eigenvalue weighted by Crippen LogP contribution is 2.29. The van der Waals surface area contributed by atoms with E-state index < -0.39 is 0 Å². The maximum atomic E-state index is 5.91. The highest BCUT2D eigenvalue weighted by atomic mass is 32.1. The quantitative estimate of drug-likeness (QED) is 0.424. The third kappa shape index (κ3) is 4.11. The molecular weight excluding hydrogens is 410 g/mol. The van der Waals surface area contributed by atoms with Crippen molar-refractivity contribution in [3.8, 4) is 11.4 Å². The first-order valence-corrected chi connectivity index (χ1v) is 11.1. The minimum absolute atomic E-state index is 0.178. The zero-order valence-electron chi connectivity index (χ0n) is 17.9. The maximum absolute atomic E-state index is 5.91. The lowest BCUT2D eigenvalue weighted by Crippen LogP contribution is -2.22. The average Bonchev–Trinajstić information content (AvgIpc) is 3.54. The van der Waals surface area contributed by atoms with Crippen molar-refractivity contribution >= 4 is 23.1 Å². The zero-order chi connectivity index (χ0) is 21.4. The Bertz CT molecular complexity index is 1240. The van der Waals surface area contributed by atoms with Gasteiger partial charge in [0.05, 0.1) is 25.9 Å². The number of fused-ring (bicyclic) bond motifs is 1. The first-order chi connectivity index (χ1) is 15.1. The first kappa shape index (κ1) is 20.2. The third-order valence-electron chi connectivity index (χ3n) is 5.76. The number of aromatic nitrogens is 4. The van der Waals surface area contributed by atoms with Crippen molar-refractivity contribution in [2.75, 3.05) is 13.7 Å². The number of para-hydroxylation sites is 1. The number of H-pyrrole nitrogens is 1. The summed E-state index contributed by atoms with van der Waals surface area (Å²) in [5.41, 5.74) is 2.15. The molecule has 1 aliphatic rings. The zero-order valence-corrected chi connectivity index (χ0v) is 18.7. The molecular formula is C23H27N5O2S. The molecule has 8 heteroatoms. The molecule has 0 bridgehead atoms. The van der Waals surface area contributed by atoms with Crippen LogP contribution in [0, 0.1) is 11.7 Å². The Labute approximate surface area is 186 Å². The lowest BCUT2D eigenvalue weighted by molar-refractivity contribution is 0.0967. The van der Waals surface area contributed by atoms with Crippen LogP contribution in [0.15, 0.2) is 47.0 Å². The van der Waals surface area contributed by atoms with Crippen molar-refractivity contribution < 1.29 is 9.15 Å². The molecule has 4 aromatic rings. The predicted octanol–water partition coefficient (Wildman–Crippen LogP) is 4.73. The molecule has 1 aromatic carbocycles. The van der Waals surface area contributed by atoms with Crippen molar-refractivity contribution in [2.45, 2.75) is 45.6 Å². The number of hydrogen-bond donors (Lipinski definition) is 1. The van der Waals surface area contributed by atoms with Gasteiger partial charge in [-0.2, -0.15) is 5.10 Å². The summed E-state index contributed by atoms with van der Waals surface area (Å²) in [6.45, 7) is 4.76. The molecule has 162 valence electrons. The molecule has 5 rings (SSSR count). The lowest BCUT2D eigenvalue weighted by Gasteiger charge is -2.15. The minimum atomic E-state index is 0.178. The SMILES string of the molecule is Cc1ccc(CN(C)Cn2nc(-c3c[nH]c4ccccc34)n(CC3CCCO3)c2=S)o1. The molecule has 1 atom stereocenters. The molecule has 4 heterocycles. The normalized spacial score (nSPS) is 16.7. The van der Waals surface area contributed by atoms with Gasteiger partial charge in [-0.3, -0.25) is 9.47 Å². The Morgan fingerprint density at radius 1 is 1.26 bits per heavy atom. The van der Waals surface area contributed by atoms with E-state index in [1.165, 1.54) is 0 Å². The van der Waals surface area contributed by atoms with Crippen LogP contribution in [0.5, 0.6) is 0 Å². The van der Waals surface area contributed by atoms with Crippen LogP contribution in [0.25, 0.3) is 22.3 Å². The van der Waals surface area contributed by atoms with Gasteiger partial charge in [0.25, 0.3) is 0 Å². The standard InChI is InChI=1S/C23H27N5O2S/c1-16-9-10-18(30-16)13-26(2)15-28-23(31)27(14-17-6-5-11-29-17)22(25-28)20-12-24-21-8-4-3-7-19(20)21/h3-4,7-10,12,17,24H,5-6,11,13-15H2,1-2H3. The van der Waals surface area contributed by atoms with Gasteiger partial charge in [0, 0.05) is 29.3 Å². The van der Waals surface area contributed by atoms with Crippen molar-refractivity contribution in [2.24, 2.45) is 0 Å². The molecule has 1 saturated heterocycles. The van der Waals surface area contributed by atoms with Gasteiger partial charge in [0.15, 0.2) is 10.6 Å². The Morgan fingerprint density at radius 3 is 2.90 bits per heavy atom. The summed E-state index contributed by atoms with van der Waals surface area (Å²) < 4.78 is 16.4. The van der Waals surface area contributed by atoms with E-state index in [1.807, 2.05) is 43.0 Å². The van der Waals surface area contributed by atoms with E-state index in [2.05, 4.69) is 32.7 Å². The summed E-state index contributed by atoms with van der Waals surface area (Å²) in [6, 6.07) is 12.3. The van der Waals surface area contributed by atoms with Gasteiger partial charge in [-0.1, -0.05) is 18.2 Å². The van der Waals surface area contributed by atoms with E-state index >= 15 is 0 Å². The van der Waals surface area contributed by atoms with Crippen molar-refractivity contribution in [1.29, 1.82) is 0 Å². The number of nitrogens with one attached hydrogen (secondary N) is 1. The van der Waals surface area contributed by atoms with Crippen LogP contribution in [-0.2, 0) is 24.5 Å². The van der Waals surface area contributed by atoms with E-state index in [0.29, 0.717) is 18.0 Å². The summed E-state index contributed by atoms with van der Waals surface area (Å²) in [6.07, 6.45) is 4.35. The lowest BCUT2D eigenvalue weighted by atomic mass is 10.1. The smallest absolute Gasteiger partial charge is 0.199 e. The van der Waals surface area contributed by atoms with Gasteiger partial charge in [0.2, 0.25) is 0 Å². The van der Waals surface area contributed by atoms with Gasteiger partial charge in [-0.05, 0) is 57.2 Å². The average molecular weight is 438 g/mol. The van der Waals surface area contributed by atoms with Gasteiger partial charge >= 0.3 is 0 Å². The second-order valence-electron chi connectivity index (χ2n) is 8.27. The Morgan fingerprint density at radius 2 is 2.13 bits per heavy atom. The number of rotatable bonds is 7. The maximum Gasteiger partial charge on any atom is 0.199 e. The second kappa shape index (κ2) is 8.45. The first-order valence-electron chi connectivity index (χ1n) is 10.7. The summed E-state index contributed by atoms with van der Waals surface area (Å²) in [5.74, 6) is 2.73. The molecule has 0 saturated carbocycles. The fraction of sp³-hybridized carbons (Fsp3) is 0.391. The number of aromatic amines is 1. The van der Waals surface area contributed by atoms with Gasteiger partial charge in [0.1, 0.15) is 11.5 Å². The van der Waals surface area contributed by atoms with Crippen LogP contribution in [0.3, 0.4) is 0 Å². The molecule has 0 amide bonds. The van der Waals surface area contributed by atoms with E-state index in [4.69, 9.17) is 26.5 Å². The van der Waals surface area contributed by atoms with E-state index in [-0.39, 0.29) is 6.10 Å². The van der Waals surface area contributed by atoms with E-state index in [1.54, 1.807) is 0 Å². The number of ether oxygens (including phenoxy) is 1. The van der Waals surface area contributed by atoms with Crippen molar-refractivity contribution in [3.63, 3.8) is 0 Å². The topological polar surface area (TPSA) is 64.2 Å². The molecule has 0 spiro atoms. The molecule has 0 radical (unpaired) electrons. The number of furan rings is 1. The molecule has 0 aliphatic carbocycles. The summed E-state index contributed by atoms with van der Waals surface area (Å²) in [7, 11) is 2.05. The van der Waals surface area contributed by atoms with Crippen LogP contribution in [0.1, 0.15) is 24.4 Å². The molecule has 1 N–H and O–H groups in total. The Hall–Kier alpha value is -2.68. The number of hydrogen-bond acceptors (Lipinski definition) is 5. The summed E-state index contributed by atoms with van der Waals surface area (Å²) >= 11 is 5.88. The van der Waals surface area contributed by atoms with E-state index in [0.717, 1.165) is 59.8 Å². The minimum Gasteiger partial charge on any atom is -0.465 e. The van der Waals surface area contributed by atoms with Crippen LogP contribution in [0.4, 0.5) is 0 Å². The van der Waals surface area contributed by atoms with Crippen molar-refractivity contribution in [1.82, 2.24) is 24.2 Å². The van der Waals surface area contributed by atoms with Crippen LogP contribution < -0.4 is 0 Å². The highest BCUT2D eigenvalue weighted by molar-refractivity contribution is 7.71. The fourth-order valence-corrected chi connectivity index (χ4v) is 4.52. The number of benzene rings is 1. The molecule has 31 heavy (non-hydrogen) atoms. The number of nitrogens with zero attached hydrogens (tertiary/aromatic N) is 4. The van der Waals surface area contributed by atoms with Crippen LogP contribution in [-0.4, -0.2) is 44.0 Å². The van der Waals surface area contributed by atoms with Gasteiger partial charge < -0.3 is 14.1 Å². The monoisotopic (exact) mass is 437 g/mol. The molecule has 1 unspecified atom stereocenters. The van der Waals surface area contributed by atoms with Crippen molar-refractivity contribution in [3.05, 3.63) is 58.9 Å². The molecule has 7 nitrogen and oxygen atoms in total. The van der Waals surface area contributed by atoms with Gasteiger partial charge in [-0.25, -0.2) is 4.68 Å². The molecule has 1 fully saturated rings. The van der Waals surface area contributed by atoms with Crippen LogP contribution in [0.2, 0.25) is 0 Å². The summed E-state index contributed by atoms with van der Waals surface area (Å²) in [5, 5.41) is 6.10. The summed E-state index contributed by atoms with van der Waals surface area (Å²) in [4.78, 5) is 5.51. The number of aryl methyl sites for hydroxylation is 1. The highest BCUT2D eigenvalue weighted by Gasteiger charge is 2.22. The molecule has 1 aliphatic heterocycles.